The highest BCUT2D eigenvalue weighted by Gasteiger charge is 2.14. The van der Waals surface area contributed by atoms with Gasteiger partial charge in [0.25, 0.3) is 5.91 Å². The lowest BCUT2D eigenvalue weighted by molar-refractivity contribution is 0.0778. The molecule has 0 atom stereocenters. The van der Waals surface area contributed by atoms with Gasteiger partial charge in [-0.15, -0.1) is 0 Å². The highest BCUT2D eigenvalue weighted by molar-refractivity contribution is 5.91. The maximum absolute atomic E-state index is 12.3. The molecule has 1 amide bonds. The standard InChI is InChI=1S/C15H18N4O2/c1-16-14-9-17-13(8-18-14)15(20)19(2)10-11-5-4-6-12(7-11)21-3/h4-9H,10H2,1-3H3,(H,16,18). The number of nitrogens with one attached hydrogen (secondary N) is 1. The Kier molecular flexibility index (Phi) is 4.71. The molecule has 0 saturated heterocycles. The predicted octanol–water partition coefficient (Wildman–Crippen LogP) is 1.80. The number of ether oxygens (including phenoxy) is 1. The second kappa shape index (κ2) is 6.69. The van der Waals surface area contributed by atoms with Gasteiger partial charge < -0.3 is 15.0 Å². The number of amides is 1. The summed E-state index contributed by atoms with van der Waals surface area (Å²) in [7, 11) is 5.10. The molecule has 2 rings (SSSR count). The van der Waals surface area contributed by atoms with Crippen molar-refractivity contribution in [1.29, 1.82) is 0 Å². The van der Waals surface area contributed by atoms with E-state index in [1.54, 1.807) is 26.1 Å². The lowest BCUT2D eigenvalue weighted by atomic mass is 10.2. The first-order valence-electron chi connectivity index (χ1n) is 6.52. The minimum Gasteiger partial charge on any atom is -0.497 e. The quantitative estimate of drug-likeness (QED) is 0.907. The molecule has 1 aromatic carbocycles. The maximum atomic E-state index is 12.3. The first-order valence-corrected chi connectivity index (χ1v) is 6.52. The van der Waals surface area contributed by atoms with Gasteiger partial charge in [-0.05, 0) is 17.7 Å². The van der Waals surface area contributed by atoms with Gasteiger partial charge >= 0.3 is 0 Å². The molecule has 6 nitrogen and oxygen atoms in total. The van der Waals surface area contributed by atoms with Gasteiger partial charge in [0.2, 0.25) is 0 Å². The topological polar surface area (TPSA) is 67.4 Å². The molecule has 6 heteroatoms. The summed E-state index contributed by atoms with van der Waals surface area (Å²) in [6.45, 7) is 0.478. The van der Waals surface area contributed by atoms with Crippen LogP contribution in [0.4, 0.5) is 5.82 Å². The summed E-state index contributed by atoms with van der Waals surface area (Å²) in [6.07, 6.45) is 3.00. The molecule has 1 aromatic heterocycles. The van der Waals surface area contributed by atoms with Crippen molar-refractivity contribution < 1.29 is 9.53 Å². The molecule has 0 radical (unpaired) electrons. The van der Waals surface area contributed by atoms with Crippen molar-refractivity contribution in [1.82, 2.24) is 14.9 Å². The van der Waals surface area contributed by atoms with Gasteiger partial charge in [-0.3, -0.25) is 4.79 Å². The Labute approximate surface area is 123 Å². The zero-order valence-corrected chi connectivity index (χ0v) is 12.3. The third kappa shape index (κ3) is 3.68. The number of aromatic nitrogens is 2. The molecule has 1 heterocycles. The third-order valence-corrected chi connectivity index (χ3v) is 3.03. The summed E-state index contributed by atoms with van der Waals surface area (Å²) in [5.74, 6) is 1.22. The van der Waals surface area contributed by atoms with E-state index in [0.717, 1.165) is 11.3 Å². The minimum atomic E-state index is -0.173. The summed E-state index contributed by atoms with van der Waals surface area (Å²) in [6, 6.07) is 7.61. The van der Waals surface area contributed by atoms with E-state index in [9.17, 15) is 4.79 Å². The summed E-state index contributed by atoms with van der Waals surface area (Å²) >= 11 is 0. The summed E-state index contributed by atoms with van der Waals surface area (Å²) in [5, 5.41) is 2.86. The van der Waals surface area contributed by atoms with Crippen LogP contribution in [0.2, 0.25) is 0 Å². The Morgan fingerprint density at radius 2 is 2.14 bits per heavy atom. The number of benzene rings is 1. The smallest absolute Gasteiger partial charge is 0.274 e. The molecule has 0 bridgehead atoms. The van der Waals surface area contributed by atoms with Crippen molar-refractivity contribution in [2.75, 3.05) is 26.5 Å². The van der Waals surface area contributed by atoms with Crippen molar-refractivity contribution in [3.8, 4) is 5.75 Å². The number of carbonyl (C=O) groups excluding carboxylic acids is 1. The molecule has 0 saturated carbocycles. The van der Waals surface area contributed by atoms with Crippen LogP contribution in [0.3, 0.4) is 0 Å². The molecule has 0 aliphatic heterocycles. The zero-order chi connectivity index (χ0) is 15.2. The Morgan fingerprint density at radius 3 is 2.76 bits per heavy atom. The predicted molar refractivity (Wildman–Crippen MR) is 80.4 cm³/mol. The molecule has 0 spiro atoms. The number of methoxy groups -OCH3 is 1. The number of hydrogen-bond acceptors (Lipinski definition) is 5. The van der Waals surface area contributed by atoms with Crippen molar-refractivity contribution in [3.05, 3.63) is 47.9 Å². The molecule has 1 N–H and O–H groups in total. The zero-order valence-electron chi connectivity index (χ0n) is 12.3. The van der Waals surface area contributed by atoms with E-state index in [-0.39, 0.29) is 5.91 Å². The molecule has 21 heavy (non-hydrogen) atoms. The monoisotopic (exact) mass is 286 g/mol. The largest absolute Gasteiger partial charge is 0.497 e. The fourth-order valence-corrected chi connectivity index (χ4v) is 1.88. The van der Waals surface area contributed by atoms with Gasteiger partial charge in [0.15, 0.2) is 0 Å². The Morgan fingerprint density at radius 1 is 1.33 bits per heavy atom. The van der Waals surface area contributed by atoms with Crippen molar-refractivity contribution in [2.24, 2.45) is 0 Å². The fourth-order valence-electron chi connectivity index (χ4n) is 1.88. The van der Waals surface area contributed by atoms with Gasteiger partial charge in [0.05, 0.1) is 19.5 Å². The third-order valence-electron chi connectivity index (χ3n) is 3.03. The van der Waals surface area contributed by atoms with Gasteiger partial charge in [-0.25, -0.2) is 9.97 Å². The highest BCUT2D eigenvalue weighted by Crippen LogP contribution is 2.14. The van der Waals surface area contributed by atoms with Gasteiger partial charge in [0.1, 0.15) is 17.3 Å². The van der Waals surface area contributed by atoms with Crippen LogP contribution in [0.15, 0.2) is 36.7 Å². The van der Waals surface area contributed by atoms with E-state index in [2.05, 4.69) is 15.3 Å². The highest BCUT2D eigenvalue weighted by atomic mass is 16.5. The minimum absolute atomic E-state index is 0.173. The van der Waals surface area contributed by atoms with Crippen LogP contribution in [0.1, 0.15) is 16.1 Å². The maximum Gasteiger partial charge on any atom is 0.274 e. The lowest BCUT2D eigenvalue weighted by Crippen LogP contribution is -2.27. The second-order valence-electron chi connectivity index (χ2n) is 4.55. The first kappa shape index (κ1) is 14.8. The molecular weight excluding hydrogens is 268 g/mol. The number of rotatable bonds is 5. The molecule has 0 aliphatic rings. The van der Waals surface area contributed by atoms with Crippen LogP contribution in [-0.4, -0.2) is 42.0 Å². The van der Waals surface area contributed by atoms with E-state index < -0.39 is 0 Å². The summed E-state index contributed by atoms with van der Waals surface area (Å²) < 4.78 is 5.17. The normalized spacial score (nSPS) is 10.0. The van der Waals surface area contributed by atoms with E-state index in [1.807, 2.05) is 24.3 Å². The fraction of sp³-hybridized carbons (Fsp3) is 0.267. The number of carbonyl (C=O) groups is 1. The number of nitrogens with zero attached hydrogens (tertiary/aromatic N) is 3. The van der Waals surface area contributed by atoms with Crippen molar-refractivity contribution in [3.63, 3.8) is 0 Å². The molecular formula is C15H18N4O2. The Bertz CT molecular complexity index is 613. The SMILES string of the molecule is CNc1cnc(C(=O)N(C)Cc2cccc(OC)c2)cn1. The molecule has 2 aromatic rings. The Balaban J connectivity index is 2.07. The average Bonchev–Trinajstić information content (AvgIpc) is 2.54. The number of hydrogen-bond donors (Lipinski definition) is 1. The average molecular weight is 286 g/mol. The first-order chi connectivity index (χ1) is 10.1. The van der Waals surface area contributed by atoms with Crippen LogP contribution in [0.5, 0.6) is 5.75 Å². The molecule has 0 aliphatic carbocycles. The lowest BCUT2D eigenvalue weighted by Gasteiger charge is -2.17. The molecule has 110 valence electrons. The van der Waals surface area contributed by atoms with Gasteiger partial charge in [-0.2, -0.15) is 0 Å². The van der Waals surface area contributed by atoms with E-state index in [4.69, 9.17) is 4.74 Å². The van der Waals surface area contributed by atoms with Gasteiger partial charge in [-0.1, -0.05) is 12.1 Å². The van der Waals surface area contributed by atoms with Crippen LogP contribution in [0.25, 0.3) is 0 Å². The van der Waals surface area contributed by atoms with Crippen molar-refractivity contribution >= 4 is 11.7 Å². The van der Waals surface area contributed by atoms with Crippen LogP contribution >= 0.6 is 0 Å². The van der Waals surface area contributed by atoms with E-state index in [0.29, 0.717) is 18.1 Å². The molecule has 0 unspecified atom stereocenters. The van der Waals surface area contributed by atoms with Crippen LogP contribution in [0, 0.1) is 0 Å². The second-order valence-corrected chi connectivity index (χ2v) is 4.55. The summed E-state index contributed by atoms with van der Waals surface area (Å²) in [5.41, 5.74) is 1.31. The van der Waals surface area contributed by atoms with E-state index in [1.165, 1.54) is 12.4 Å². The van der Waals surface area contributed by atoms with E-state index >= 15 is 0 Å². The molecule has 0 fully saturated rings. The Hall–Kier alpha value is -2.63. The summed E-state index contributed by atoms with van der Waals surface area (Å²) in [4.78, 5) is 22.1. The van der Waals surface area contributed by atoms with Gasteiger partial charge in [0, 0.05) is 20.6 Å². The van der Waals surface area contributed by atoms with Crippen LogP contribution < -0.4 is 10.1 Å². The van der Waals surface area contributed by atoms with Crippen LogP contribution in [-0.2, 0) is 6.54 Å². The van der Waals surface area contributed by atoms with Crippen molar-refractivity contribution in [2.45, 2.75) is 6.54 Å². The number of anilines is 1.